The van der Waals surface area contributed by atoms with Gasteiger partial charge in [-0.3, -0.25) is 4.79 Å². The smallest absolute Gasteiger partial charge is 0.276 e. The first-order valence-electron chi connectivity index (χ1n) is 9.20. The van der Waals surface area contributed by atoms with Crippen molar-refractivity contribution in [1.29, 1.82) is 0 Å². The second-order valence-electron chi connectivity index (χ2n) is 6.44. The SMILES string of the molecule is CCN(Cc1ccc(OC)c(OC)c1)C(=O)c1nc(-c2ccc(Cl)cc2)oc1C. The predicted octanol–water partition coefficient (Wildman–Crippen LogP) is 4.98. The van der Waals surface area contributed by atoms with E-state index in [2.05, 4.69) is 4.98 Å². The molecule has 0 aliphatic heterocycles. The number of carbonyl (C=O) groups is 1. The molecule has 0 saturated heterocycles. The molecule has 0 aliphatic carbocycles. The summed E-state index contributed by atoms with van der Waals surface area (Å²) in [7, 11) is 3.17. The average Bonchev–Trinajstić information content (AvgIpc) is 3.13. The van der Waals surface area contributed by atoms with E-state index in [1.165, 1.54) is 0 Å². The molecular weight excluding hydrogens is 392 g/mol. The van der Waals surface area contributed by atoms with Crippen molar-refractivity contribution < 1.29 is 18.7 Å². The number of carbonyl (C=O) groups excluding carboxylic acids is 1. The van der Waals surface area contributed by atoms with Gasteiger partial charge in [-0.2, -0.15) is 0 Å². The minimum Gasteiger partial charge on any atom is -0.493 e. The van der Waals surface area contributed by atoms with Crippen molar-refractivity contribution in [3.05, 3.63) is 64.5 Å². The fraction of sp³-hybridized carbons (Fsp3) is 0.273. The Labute approximate surface area is 175 Å². The van der Waals surface area contributed by atoms with Gasteiger partial charge in [-0.25, -0.2) is 4.98 Å². The topological polar surface area (TPSA) is 64.8 Å². The molecule has 3 rings (SSSR count). The molecule has 0 saturated carbocycles. The number of aromatic nitrogens is 1. The van der Waals surface area contributed by atoms with E-state index in [0.717, 1.165) is 11.1 Å². The molecule has 0 unspecified atom stereocenters. The van der Waals surface area contributed by atoms with Gasteiger partial charge in [0.25, 0.3) is 5.91 Å². The Morgan fingerprint density at radius 3 is 2.41 bits per heavy atom. The van der Waals surface area contributed by atoms with E-state index in [0.29, 0.717) is 47.0 Å². The van der Waals surface area contributed by atoms with Crippen LogP contribution in [0.2, 0.25) is 5.02 Å². The molecule has 1 aromatic heterocycles. The van der Waals surface area contributed by atoms with Crippen LogP contribution in [0.3, 0.4) is 0 Å². The number of ether oxygens (including phenoxy) is 2. The first-order valence-corrected chi connectivity index (χ1v) is 9.58. The lowest BCUT2D eigenvalue weighted by Crippen LogP contribution is -2.31. The second kappa shape index (κ2) is 9.01. The largest absolute Gasteiger partial charge is 0.493 e. The van der Waals surface area contributed by atoms with Gasteiger partial charge >= 0.3 is 0 Å². The number of hydrogen-bond donors (Lipinski definition) is 0. The summed E-state index contributed by atoms with van der Waals surface area (Å²) in [4.78, 5) is 19.2. The summed E-state index contributed by atoms with van der Waals surface area (Å²) in [5.41, 5.74) is 1.99. The predicted molar refractivity (Wildman–Crippen MR) is 112 cm³/mol. The van der Waals surface area contributed by atoms with E-state index in [1.54, 1.807) is 38.2 Å². The minimum atomic E-state index is -0.191. The molecule has 152 valence electrons. The second-order valence-corrected chi connectivity index (χ2v) is 6.88. The fourth-order valence-corrected chi connectivity index (χ4v) is 3.11. The summed E-state index contributed by atoms with van der Waals surface area (Å²) in [5, 5.41) is 0.625. The Kier molecular flexibility index (Phi) is 6.44. The van der Waals surface area contributed by atoms with Crippen molar-refractivity contribution in [2.24, 2.45) is 0 Å². The highest BCUT2D eigenvalue weighted by atomic mass is 35.5. The van der Waals surface area contributed by atoms with Crippen LogP contribution >= 0.6 is 11.6 Å². The zero-order chi connectivity index (χ0) is 21.0. The molecular formula is C22H23ClN2O4. The first kappa shape index (κ1) is 20.7. The molecule has 2 aromatic carbocycles. The summed E-state index contributed by atoms with van der Waals surface area (Å²) in [5.74, 6) is 1.95. The Hall–Kier alpha value is -2.99. The maximum Gasteiger partial charge on any atom is 0.276 e. The van der Waals surface area contributed by atoms with Gasteiger partial charge in [0.15, 0.2) is 17.2 Å². The molecule has 1 heterocycles. The molecule has 6 nitrogen and oxygen atoms in total. The molecule has 0 radical (unpaired) electrons. The van der Waals surface area contributed by atoms with E-state index >= 15 is 0 Å². The van der Waals surface area contributed by atoms with Crippen LogP contribution in [0.15, 0.2) is 46.9 Å². The van der Waals surface area contributed by atoms with E-state index in [1.807, 2.05) is 37.3 Å². The zero-order valence-corrected chi connectivity index (χ0v) is 17.6. The van der Waals surface area contributed by atoms with Gasteiger partial charge in [-0.1, -0.05) is 17.7 Å². The van der Waals surface area contributed by atoms with Crippen LogP contribution in [0.5, 0.6) is 11.5 Å². The Bertz CT molecular complexity index is 999. The highest BCUT2D eigenvalue weighted by Gasteiger charge is 2.23. The van der Waals surface area contributed by atoms with Gasteiger partial charge < -0.3 is 18.8 Å². The third-order valence-electron chi connectivity index (χ3n) is 4.58. The summed E-state index contributed by atoms with van der Waals surface area (Å²) in [6.45, 7) is 4.60. The van der Waals surface area contributed by atoms with Crippen LogP contribution in [-0.4, -0.2) is 36.6 Å². The molecule has 1 amide bonds. The van der Waals surface area contributed by atoms with Crippen LogP contribution < -0.4 is 9.47 Å². The summed E-state index contributed by atoms with van der Waals surface area (Å²) in [6, 6.07) is 12.7. The number of nitrogens with zero attached hydrogens (tertiary/aromatic N) is 2. The van der Waals surface area contributed by atoms with Crippen molar-refractivity contribution in [1.82, 2.24) is 9.88 Å². The van der Waals surface area contributed by atoms with Gasteiger partial charge in [0, 0.05) is 23.7 Å². The van der Waals surface area contributed by atoms with Crippen molar-refractivity contribution in [2.75, 3.05) is 20.8 Å². The van der Waals surface area contributed by atoms with Crippen LogP contribution in [0.25, 0.3) is 11.5 Å². The van der Waals surface area contributed by atoms with Crippen molar-refractivity contribution in [2.45, 2.75) is 20.4 Å². The summed E-state index contributed by atoms with van der Waals surface area (Å²) < 4.78 is 16.4. The summed E-state index contributed by atoms with van der Waals surface area (Å²) >= 11 is 5.94. The monoisotopic (exact) mass is 414 g/mol. The zero-order valence-electron chi connectivity index (χ0n) is 16.9. The molecule has 0 bridgehead atoms. The van der Waals surface area contributed by atoms with E-state index in [4.69, 9.17) is 25.5 Å². The average molecular weight is 415 g/mol. The van der Waals surface area contributed by atoms with E-state index in [-0.39, 0.29) is 5.91 Å². The van der Waals surface area contributed by atoms with Gasteiger partial charge in [-0.15, -0.1) is 0 Å². The lowest BCUT2D eigenvalue weighted by molar-refractivity contribution is 0.0745. The molecule has 29 heavy (non-hydrogen) atoms. The highest BCUT2D eigenvalue weighted by Crippen LogP contribution is 2.29. The van der Waals surface area contributed by atoms with Crippen molar-refractivity contribution >= 4 is 17.5 Å². The number of benzene rings is 2. The Morgan fingerprint density at radius 1 is 1.10 bits per heavy atom. The van der Waals surface area contributed by atoms with Crippen molar-refractivity contribution in [3.8, 4) is 23.0 Å². The maximum absolute atomic E-state index is 13.1. The lowest BCUT2D eigenvalue weighted by Gasteiger charge is -2.20. The highest BCUT2D eigenvalue weighted by molar-refractivity contribution is 6.30. The van der Waals surface area contributed by atoms with Gasteiger partial charge in [0.2, 0.25) is 5.89 Å². The fourth-order valence-electron chi connectivity index (χ4n) is 2.99. The van der Waals surface area contributed by atoms with Crippen molar-refractivity contribution in [3.63, 3.8) is 0 Å². The Morgan fingerprint density at radius 2 is 1.79 bits per heavy atom. The molecule has 0 spiro atoms. The van der Waals surface area contributed by atoms with Crippen LogP contribution in [0.4, 0.5) is 0 Å². The molecule has 3 aromatic rings. The first-order chi connectivity index (χ1) is 14.0. The molecule has 0 fully saturated rings. The van der Waals surface area contributed by atoms with E-state index < -0.39 is 0 Å². The van der Waals surface area contributed by atoms with Crippen LogP contribution in [-0.2, 0) is 6.54 Å². The number of halogens is 1. The van der Waals surface area contributed by atoms with Gasteiger partial charge in [0.05, 0.1) is 14.2 Å². The van der Waals surface area contributed by atoms with Gasteiger partial charge in [0.1, 0.15) is 5.76 Å². The van der Waals surface area contributed by atoms with Gasteiger partial charge in [-0.05, 0) is 55.8 Å². The number of hydrogen-bond acceptors (Lipinski definition) is 5. The number of aryl methyl sites for hydroxylation is 1. The standard InChI is InChI=1S/C22H23ClN2O4/c1-5-25(13-15-6-11-18(27-3)19(12-15)28-4)22(26)20-14(2)29-21(24-20)16-7-9-17(23)10-8-16/h6-12H,5,13H2,1-4H3. The van der Waals surface area contributed by atoms with Crippen LogP contribution in [0, 0.1) is 6.92 Å². The maximum atomic E-state index is 13.1. The summed E-state index contributed by atoms with van der Waals surface area (Å²) in [6.07, 6.45) is 0. The number of methoxy groups -OCH3 is 2. The molecule has 0 N–H and O–H groups in total. The van der Waals surface area contributed by atoms with Crippen LogP contribution in [0.1, 0.15) is 28.7 Å². The Balaban J connectivity index is 1.83. The quantitative estimate of drug-likeness (QED) is 0.545. The number of rotatable bonds is 7. The third-order valence-corrected chi connectivity index (χ3v) is 4.83. The van der Waals surface area contributed by atoms with E-state index in [9.17, 15) is 4.79 Å². The number of oxazole rings is 1. The molecule has 0 atom stereocenters. The third kappa shape index (κ3) is 4.54. The lowest BCUT2D eigenvalue weighted by atomic mass is 10.1. The molecule has 0 aliphatic rings. The molecule has 7 heteroatoms. The minimum absolute atomic E-state index is 0.191. The number of amides is 1. The normalized spacial score (nSPS) is 10.7.